The summed E-state index contributed by atoms with van der Waals surface area (Å²) < 4.78 is 32.7. The maximum atomic E-state index is 12.6. The van der Waals surface area contributed by atoms with Crippen LogP contribution in [0.25, 0.3) is 0 Å². The molecule has 0 aromatic rings. The van der Waals surface area contributed by atoms with Crippen molar-refractivity contribution in [1.29, 1.82) is 0 Å². The standard InChI is InChI=1S/C46H79O10P/c1-3-5-7-9-11-13-15-17-19-20-21-22-24-26-28-30-32-34-36-38-46(50)56-44(42-55-57(51,52)54-40-43(48)39-47)41-53-45(49)37-35-33-31-29-27-25-23-18-16-14-12-10-8-6-4-2/h11,13-14,16-19,21-23,26,28,43-44,47-48H,3-10,12,15,20,24-25,27,29-42H2,1-2H3,(H,51,52)/b13-11+,16-14+,19-17+,22-21+,23-18+,28-26+/t43-,44+/m0/s1. The van der Waals surface area contributed by atoms with E-state index < -0.39 is 51.8 Å². The highest BCUT2D eigenvalue weighted by atomic mass is 31.2. The minimum Gasteiger partial charge on any atom is -0.462 e. The second kappa shape index (κ2) is 41.6. The van der Waals surface area contributed by atoms with Gasteiger partial charge < -0.3 is 24.6 Å². The Morgan fingerprint density at radius 2 is 0.965 bits per heavy atom. The Morgan fingerprint density at radius 3 is 1.53 bits per heavy atom. The van der Waals surface area contributed by atoms with Crippen LogP contribution in [-0.4, -0.2) is 65.7 Å². The number of hydrogen-bond donors (Lipinski definition) is 3. The van der Waals surface area contributed by atoms with E-state index in [1.54, 1.807) is 0 Å². The van der Waals surface area contributed by atoms with Gasteiger partial charge in [-0.2, -0.15) is 0 Å². The zero-order chi connectivity index (χ0) is 41.9. The number of aliphatic hydroxyl groups excluding tert-OH is 2. The first-order chi connectivity index (χ1) is 27.7. The molecule has 0 radical (unpaired) electrons. The molecule has 3 N–H and O–H groups in total. The van der Waals surface area contributed by atoms with Crippen LogP contribution in [-0.2, 0) is 32.7 Å². The number of carbonyl (C=O) groups is 2. The molecule has 0 saturated carbocycles. The van der Waals surface area contributed by atoms with Gasteiger partial charge in [0.1, 0.15) is 12.7 Å². The van der Waals surface area contributed by atoms with Crippen LogP contribution < -0.4 is 0 Å². The lowest BCUT2D eigenvalue weighted by molar-refractivity contribution is -0.161. The van der Waals surface area contributed by atoms with Crippen molar-refractivity contribution in [2.24, 2.45) is 0 Å². The first-order valence-electron chi connectivity index (χ1n) is 21.9. The largest absolute Gasteiger partial charge is 0.472 e. The number of unbranched alkanes of at least 4 members (excludes halogenated alkanes) is 15. The van der Waals surface area contributed by atoms with E-state index in [1.807, 2.05) is 0 Å². The summed E-state index contributed by atoms with van der Waals surface area (Å²) in [6.07, 6.45) is 47.2. The summed E-state index contributed by atoms with van der Waals surface area (Å²) in [5.41, 5.74) is 0. The van der Waals surface area contributed by atoms with Crippen molar-refractivity contribution in [3.63, 3.8) is 0 Å². The quantitative estimate of drug-likeness (QED) is 0.0179. The van der Waals surface area contributed by atoms with E-state index in [0.717, 1.165) is 77.0 Å². The van der Waals surface area contributed by atoms with Gasteiger partial charge in [-0.25, -0.2) is 4.57 Å². The fourth-order valence-electron chi connectivity index (χ4n) is 5.44. The molecule has 57 heavy (non-hydrogen) atoms. The number of ether oxygens (including phenoxy) is 2. The Bertz CT molecular complexity index is 1180. The van der Waals surface area contributed by atoms with Gasteiger partial charge in [0, 0.05) is 12.8 Å². The molecule has 11 heteroatoms. The SMILES string of the molecule is CCCCC/C=C/C/C=C/C/C=C/C/C=C/CCCCCC(=O)O[C@H](COC(=O)CCCCCCC/C=C/C=C/CCCCCC)COP(=O)(O)OC[C@@H](O)CO. The Kier molecular flexibility index (Phi) is 39.7. The monoisotopic (exact) mass is 823 g/mol. The van der Waals surface area contributed by atoms with Gasteiger partial charge >= 0.3 is 19.8 Å². The van der Waals surface area contributed by atoms with E-state index >= 15 is 0 Å². The molecule has 0 aromatic heterocycles. The van der Waals surface area contributed by atoms with Crippen LogP contribution in [0, 0.1) is 0 Å². The number of aliphatic hydroxyl groups is 2. The maximum Gasteiger partial charge on any atom is 0.472 e. The lowest BCUT2D eigenvalue weighted by Crippen LogP contribution is -2.29. The van der Waals surface area contributed by atoms with Crippen molar-refractivity contribution >= 4 is 19.8 Å². The minimum absolute atomic E-state index is 0.140. The van der Waals surface area contributed by atoms with Gasteiger partial charge in [0.2, 0.25) is 0 Å². The van der Waals surface area contributed by atoms with Gasteiger partial charge in [0.25, 0.3) is 0 Å². The Morgan fingerprint density at radius 1 is 0.544 bits per heavy atom. The Hall–Kier alpha value is -2.59. The molecule has 0 fully saturated rings. The second-order valence-corrected chi connectivity index (χ2v) is 15.8. The van der Waals surface area contributed by atoms with E-state index in [4.69, 9.17) is 19.1 Å². The van der Waals surface area contributed by atoms with Gasteiger partial charge in [-0.3, -0.25) is 18.6 Å². The van der Waals surface area contributed by atoms with Crippen molar-refractivity contribution in [2.75, 3.05) is 26.4 Å². The molecule has 0 rings (SSSR count). The van der Waals surface area contributed by atoms with Gasteiger partial charge in [-0.1, -0.05) is 145 Å². The highest BCUT2D eigenvalue weighted by Gasteiger charge is 2.27. The van der Waals surface area contributed by atoms with Crippen molar-refractivity contribution < 1.29 is 47.8 Å². The van der Waals surface area contributed by atoms with Crippen LogP contribution in [0.1, 0.15) is 168 Å². The number of carbonyl (C=O) groups excluding carboxylic acids is 2. The zero-order valence-electron chi connectivity index (χ0n) is 35.5. The second-order valence-electron chi connectivity index (χ2n) is 14.4. The lowest BCUT2D eigenvalue weighted by atomic mass is 10.1. The predicted octanol–water partition coefficient (Wildman–Crippen LogP) is 11.7. The summed E-state index contributed by atoms with van der Waals surface area (Å²) in [5, 5.41) is 18.3. The van der Waals surface area contributed by atoms with Crippen molar-refractivity contribution in [3.05, 3.63) is 72.9 Å². The molecule has 0 saturated heterocycles. The summed E-state index contributed by atoms with van der Waals surface area (Å²) in [4.78, 5) is 35.0. The van der Waals surface area contributed by atoms with Crippen LogP contribution in [0.4, 0.5) is 0 Å². The number of phosphoric acid groups is 1. The number of allylic oxidation sites excluding steroid dienone is 12. The van der Waals surface area contributed by atoms with Gasteiger partial charge in [0.15, 0.2) is 6.10 Å². The molecule has 0 spiro atoms. The highest BCUT2D eigenvalue weighted by Crippen LogP contribution is 2.43. The van der Waals surface area contributed by atoms with E-state index in [0.29, 0.717) is 12.8 Å². The topological polar surface area (TPSA) is 149 Å². The molecule has 0 bridgehead atoms. The molecule has 0 aliphatic rings. The lowest BCUT2D eigenvalue weighted by Gasteiger charge is -2.20. The molecule has 0 heterocycles. The molecule has 10 nitrogen and oxygen atoms in total. The van der Waals surface area contributed by atoms with Crippen molar-refractivity contribution in [3.8, 4) is 0 Å². The van der Waals surface area contributed by atoms with Gasteiger partial charge in [-0.05, 0) is 83.5 Å². The van der Waals surface area contributed by atoms with Gasteiger partial charge in [0.05, 0.1) is 19.8 Å². The third kappa shape index (κ3) is 41.4. The molecule has 0 amide bonds. The van der Waals surface area contributed by atoms with Crippen molar-refractivity contribution in [1.82, 2.24) is 0 Å². The van der Waals surface area contributed by atoms with Crippen LogP contribution >= 0.6 is 7.82 Å². The first kappa shape index (κ1) is 54.4. The average Bonchev–Trinajstić information content (AvgIpc) is 3.20. The number of phosphoric ester groups is 1. The Balaban J connectivity index is 4.41. The molecular weight excluding hydrogens is 743 g/mol. The van der Waals surface area contributed by atoms with E-state index in [2.05, 4.69) is 91.3 Å². The van der Waals surface area contributed by atoms with E-state index in [1.165, 1.54) is 51.4 Å². The maximum absolute atomic E-state index is 12.6. The smallest absolute Gasteiger partial charge is 0.462 e. The summed E-state index contributed by atoms with van der Waals surface area (Å²) >= 11 is 0. The van der Waals surface area contributed by atoms with E-state index in [9.17, 15) is 24.2 Å². The highest BCUT2D eigenvalue weighted by molar-refractivity contribution is 7.47. The first-order valence-corrected chi connectivity index (χ1v) is 23.4. The van der Waals surface area contributed by atoms with Crippen LogP contribution in [0.2, 0.25) is 0 Å². The summed E-state index contributed by atoms with van der Waals surface area (Å²) in [6, 6.07) is 0. The number of esters is 2. The summed E-state index contributed by atoms with van der Waals surface area (Å²) in [6.45, 7) is 2.26. The van der Waals surface area contributed by atoms with Crippen LogP contribution in [0.5, 0.6) is 0 Å². The fourth-order valence-corrected chi connectivity index (χ4v) is 6.23. The molecule has 0 aliphatic carbocycles. The molecule has 3 atom stereocenters. The van der Waals surface area contributed by atoms with E-state index in [-0.39, 0.29) is 19.4 Å². The van der Waals surface area contributed by atoms with Crippen molar-refractivity contribution in [2.45, 2.75) is 180 Å². The predicted molar refractivity (Wildman–Crippen MR) is 233 cm³/mol. The number of rotatable bonds is 40. The van der Waals surface area contributed by atoms with Crippen LogP contribution in [0.3, 0.4) is 0 Å². The number of hydrogen-bond acceptors (Lipinski definition) is 9. The zero-order valence-corrected chi connectivity index (χ0v) is 36.4. The summed E-state index contributed by atoms with van der Waals surface area (Å²) in [5.74, 6) is -0.984. The minimum atomic E-state index is -4.63. The molecule has 0 aliphatic heterocycles. The molecule has 1 unspecified atom stereocenters. The molecular formula is C46H79O10P. The third-order valence-corrected chi connectivity index (χ3v) is 9.81. The average molecular weight is 823 g/mol. The molecule has 0 aromatic carbocycles. The van der Waals surface area contributed by atoms with Gasteiger partial charge in [-0.15, -0.1) is 0 Å². The summed E-state index contributed by atoms with van der Waals surface area (Å²) in [7, 11) is -4.63. The Labute approximate surface area is 346 Å². The third-order valence-electron chi connectivity index (χ3n) is 8.86. The normalized spacial score (nSPS) is 14.5. The fraction of sp³-hybridized carbons (Fsp3) is 0.696. The van der Waals surface area contributed by atoms with Crippen LogP contribution in [0.15, 0.2) is 72.9 Å². The molecule has 328 valence electrons.